The van der Waals surface area contributed by atoms with E-state index in [1.807, 2.05) is 17.9 Å². The van der Waals surface area contributed by atoms with Crippen LogP contribution in [-0.4, -0.2) is 22.9 Å². The van der Waals surface area contributed by atoms with Gasteiger partial charge in [0.05, 0.1) is 6.20 Å². The molecule has 1 aromatic heterocycles. The number of likely N-dealkylation sites (N-methyl/N-ethyl adjacent to an activating group) is 1. The molecular formula is C17H25N3. The zero-order valence-corrected chi connectivity index (χ0v) is 12.8. The van der Waals surface area contributed by atoms with Crippen molar-refractivity contribution >= 4 is 0 Å². The number of aryl methyl sites for hydroxylation is 3. The summed E-state index contributed by atoms with van der Waals surface area (Å²) in [6.45, 7) is 6.36. The van der Waals surface area contributed by atoms with Gasteiger partial charge in [0, 0.05) is 19.8 Å². The van der Waals surface area contributed by atoms with Gasteiger partial charge in [-0.05, 0) is 43.4 Å². The van der Waals surface area contributed by atoms with Crippen molar-refractivity contribution in [3.05, 3.63) is 53.3 Å². The Morgan fingerprint density at radius 1 is 1.25 bits per heavy atom. The van der Waals surface area contributed by atoms with Gasteiger partial charge in [-0.1, -0.05) is 36.8 Å². The summed E-state index contributed by atoms with van der Waals surface area (Å²) in [7, 11) is 1.97. The molecule has 20 heavy (non-hydrogen) atoms. The van der Waals surface area contributed by atoms with Gasteiger partial charge in [-0.25, -0.2) is 0 Å². The molecule has 0 amide bonds. The van der Waals surface area contributed by atoms with E-state index in [1.54, 1.807) is 0 Å². The van der Waals surface area contributed by atoms with Gasteiger partial charge in [0.2, 0.25) is 0 Å². The smallest absolute Gasteiger partial charge is 0.0521 e. The Morgan fingerprint density at radius 2 is 2.00 bits per heavy atom. The van der Waals surface area contributed by atoms with Crippen LogP contribution in [0.1, 0.15) is 36.0 Å². The third-order valence-corrected chi connectivity index (χ3v) is 3.73. The van der Waals surface area contributed by atoms with Gasteiger partial charge in [-0.3, -0.25) is 4.68 Å². The van der Waals surface area contributed by atoms with Gasteiger partial charge in [-0.15, -0.1) is 0 Å². The molecule has 0 saturated heterocycles. The molecule has 0 bridgehead atoms. The lowest BCUT2D eigenvalue weighted by molar-refractivity contribution is 0.561. The van der Waals surface area contributed by atoms with Crippen LogP contribution in [0.2, 0.25) is 0 Å². The summed E-state index contributed by atoms with van der Waals surface area (Å²) in [4.78, 5) is 0. The number of hydrogen-bond acceptors (Lipinski definition) is 2. The van der Waals surface area contributed by atoms with Gasteiger partial charge >= 0.3 is 0 Å². The number of hydrogen-bond donors (Lipinski definition) is 1. The number of rotatable bonds is 7. The summed E-state index contributed by atoms with van der Waals surface area (Å²) in [6.07, 6.45) is 6.32. The lowest BCUT2D eigenvalue weighted by Crippen LogP contribution is -2.21. The quantitative estimate of drug-likeness (QED) is 0.839. The standard InChI is InChI=1S/C17H25N3/c1-4-18-12-17(16-8-5-14(2)6-9-16)10-7-15-11-19-20(3)13-15/h5-6,8-9,11,13,17-18H,4,7,10,12H2,1-3H3. The Morgan fingerprint density at radius 3 is 2.60 bits per heavy atom. The second-order valence-corrected chi connectivity index (χ2v) is 5.48. The first-order valence-electron chi connectivity index (χ1n) is 7.44. The Bertz CT molecular complexity index is 513. The van der Waals surface area contributed by atoms with Crippen LogP contribution in [0.25, 0.3) is 0 Å². The van der Waals surface area contributed by atoms with Crippen molar-refractivity contribution in [2.24, 2.45) is 7.05 Å². The maximum absolute atomic E-state index is 4.24. The molecule has 0 aliphatic carbocycles. The first kappa shape index (κ1) is 14.8. The van der Waals surface area contributed by atoms with Gasteiger partial charge in [-0.2, -0.15) is 5.10 Å². The van der Waals surface area contributed by atoms with E-state index in [0.29, 0.717) is 5.92 Å². The maximum atomic E-state index is 4.24. The molecule has 0 saturated carbocycles. The highest BCUT2D eigenvalue weighted by Crippen LogP contribution is 2.21. The van der Waals surface area contributed by atoms with Crippen LogP contribution < -0.4 is 5.32 Å². The first-order chi connectivity index (χ1) is 9.69. The van der Waals surface area contributed by atoms with Crippen LogP contribution in [0.5, 0.6) is 0 Å². The highest BCUT2D eigenvalue weighted by molar-refractivity contribution is 5.25. The number of nitrogens with zero attached hydrogens (tertiary/aromatic N) is 2. The monoisotopic (exact) mass is 271 g/mol. The van der Waals surface area contributed by atoms with Gasteiger partial charge in [0.15, 0.2) is 0 Å². The fraction of sp³-hybridized carbons (Fsp3) is 0.471. The molecule has 0 aliphatic heterocycles. The van der Waals surface area contributed by atoms with Gasteiger partial charge in [0.25, 0.3) is 0 Å². The third kappa shape index (κ3) is 4.20. The molecule has 1 heterocycles. The van der Waals surface area contributed by atoms with E-state index in [-0.39, 0.29) is 0 Å². The Hall–Kier alpha value is -1.61. The predicted molar refractivity (Wildman–Crippen MR) is 84.0 cm³/mol. The largest absolute Gasteiger partial charge is 0.316 e. The average Bonchev–Trinajstić information content (AvgIpc) is 2.86. The molecular weight excluding hydrogens is 246 g/mol. The molecule has 0 aliphatic rings. The predicted octanol–water partition coefficient (Wildman–Crippen LogP) is 3.05. The number of nitrogens with one attached hydrogen (secondary N) is 1. The number of benzene rings is 1. The van der Waals surface area contributed by atoms with Crippen molar-refractivity contribution in [2.45, 2.75) is 32.6 Å². The molecule has 2 rings (SSSR count). The average molecular weight is 271 g/mol. The van der Waals surface area contributed by atoms with Crippen molar-refractivity contribution in [1.82, 2.24) is 15.1 Å². The minimum Gasteiger partial charge on any atom is -0.316 e. The van der Waals surface area contributed by atoms with Crippen LogP contribution in [0.4, 0.5) is 0 Å². The Labute approximate surface area is 122 Å². The Kier molecular flexibility index (Phi) is 5.36. The normalized spacial score (nSPS) is 12.6. The van der Waals surface area contributed by atoms with E-state index in [1.165, 1.54) is 16.7 Å². The molecule has 108 valence electrons. The van der Waals surface area contributed by atoms with E-state index in [0.717, 1.165) is 25.9 Å². The van der Waals surface area contributed by atoms with Gasteiger partial charge in [0.1, 0.15) is 0 Å². The second-order valence-electron chi connectivity index (χ2n) is 5.48. The van der Waals surface area contributed by atoms with Crippen molar-refractivity contribution in [2.75, 3.05) is 13.1 Å². The summed E-state index contributed by atoms with van der Waals surface area (Å²) in [5.74, 6) is 0.566. The fourth-order valence-corrected chi connectivity index (χ4v) is 2.49. The van der Waals surface area contributed by atoms with Crippen molar-refractivity contribution in [3.63, 3.8) is 0 Å². The molecule has 1 atom stereocenters. The molecule has 3 heteroatoms. The topological polar surface area (TPSA) is 29.9 Å². The second kappa shape index (κ2) is 7.25. The van der Waals surface area contributed by atoms with E-state index in [2.05, 4.69) is 54.7 Å². The van der Waals surface area contributed by atoms with Crippen LogP contribution in [0, 0.1) is 6.92 Å². The molecule has 1 unspecified atom stereocenters. The maximum Gasteiger partial charge on any atom is 0.0521 e. The highest BCUT2D eigenvalue weighted by Gasteiger charge is 2.11. The van der Waals surface area contributed by atoms with Crippen molar-refractivity contribution < 1.29 is 0 Å². The van der Waals surface area contributed by atoms with Crippen LogP contribution >= 0.6 is 0 Å². The van der Waals surface area contributed by atoms with Gasteiger partial charge < -0.3 is 5.32 Å². The van der Waals surface area contributed by atoms with E-state index >= 15 is 0 Å². The molecule has 3 nitrogen and oxygen atoms in total. The lowest BCUT2D eigenvalue weighted by Gasteiger charge is -2.17. The molecule has 0 fully saturated rings. The molecule has 1 aromatic carbocycles. The van der Waals surface area contributed by atoms with E-state index in [9.17, 15) is 0 Å². The van der Waals surface area contributed by atoms with Crippen molar-refractivity contribution in [3.8, 4) is 0 Å². The zero-order chi connectivity index (χ0) is 14.4. The summed E-state index contributed by atoms with van der Waals surface area (Å²) in [5, 5.41) is 7.72. The summed E-state index contributed by atoms with van der Waals surface area (Å²) >= 11 is 0. The molecule has 0 spiro atoms. The zero-order valence-electron chi connectivity index (χ0n) is 12.8. The van der Waals surface area contributed by atoms with Crippen molar-refractivity contribution in [1.29, 1.82) is 0 Å². The third-order valence-electron chi connectivity index (χ3n) is 3.73. The van der Waals surface area contributed by atoms with Crippen LogP contribution in [0.3, 0.4) is 0 Å². The number of aromatic nitrogens is 2. The lowest BCUT2D eigenvalue weighted by atomic mass is 9.92. The SMILES string of the molecule is CCNCC(CCc1cnn(C)c1)c1ccc(C)cc1. The molecule has 0 radical (unpaired) electrons. The summed E-state index contributed by atoms with van der Waals surface area (Å²) < 4.78 is 1.88. The summed E-state index contributed by atoms with van der Waals surface area (Å²) in [6, 6.07) is 8.94. The fourth-order valence-electron chi connectivity index (χ4n) is 2.49. The van der Waals surface area contributed by atoms with E-state index in [4.69, 9.17) is 0 Å². The molecule has 2 aromatic rings. The molecule has 1 N–H and O–H groups in total. The minimum absolute atomic E-state index is 0.566. The highest BCUT2D eigenvalue weighted by atomic mass is 15.2. The summed E-state index contributed by atoms with van der Waals surface area (Å²) in [5.41, 5.74) is 4.07. The van der Waals surface area contributed by atoms with Crippen LogP contribution in [0.15, 0.2) is 36.7 Å². The van der Waals surface area contributed by atoms with Crippen LogP contribution in [-0.2, 0) is 13.5 Å². The van der Waals surface area contributed by atoms with E-state index < -0.39 is 0 Å². The first-order valence-corrected chi connectivity index (χ1v) is 7.44. The Balaban J connectivity index is 2.01. The minimum atomic E-state index is 0.566.